The largest absolute Gasteiger partial charge is 0.418 e. The summed E-state index contributed by atoms with van der Waals surface area (Å²) in [6.45, 7) is 2.66. The molecule has 0 spiro atoms. The van der Waals surface area contributed by atoms with Crippen LogP contribution in [0.5, 0.6) is 0 Å². The summed E-state index contributed by atoms with van der Waals surface area (Å²) in [4.78, 5) is 1.76. The van der Waals surface area contributed by atoms with Crippen LogP contribution >= 0.6 is 0 Å². The fourth-order valence-electron chi connectivity index (χ4n) is 2.43. The second-order valence-electron chi connectivity index (χ2n) is 5.29. The molecule has 0 aromatic heterocycles. The lowest BCUT2D eigenvalue weighted by Crippen LogP contribution is -2.46. The fraction of sp³-hybridized carbons (Fsp3) is 0.538. The molecule has 0 saturated carbocycles. The molecule has 1 aliphatic heterocycles. The van der Waals surface area contributed by atoms with E-state index in [0.717, 1.165) is 12.5 Å². The predicted molar refractivity (Wildman–Crippen MR) is 67.9 cm³/mol. The molecule has 1 atom stereocenters. The van der Waals surface area contributed by atoms with Gasteiger partial charge in [0.25, 0.3) is 0 Å². The van der Waals surface area contributed by atoms with Gasteiger partial charge in [-0.3, -0.25) is 0 Å². The van der Waals surface area contributed by atoms with Gasteiger partial charge in [0.05, 0.1) is 11.2 Å². The minimum atomic E-state index is -4.46. The molecule has 1 fully saturated rings. The number of rotatable bonds is 1. The van der Waals surface area contributed by atoms with Gasteiger partial charge in [-0.2, -0.15) is 13.2 Å². The Bertz CT molecular complexity index is 471. The van der Waals surface area contributed by atoms with E-state index >= 15 is 0 Å². The highest BCUT2D eigenvalue weighted by atomic mass is 19.4. The highest BCUT2D eigenvalue weighted by Crippen LogP contribution is 2.37. The molecule has 1 heterocycles. The summed E-state index contributed by atoms with van der Waals surface area (Å²) in [7, 11) is 0. The van der Waals surface area contributed by atoms with Crippen LogP contribution in [-0.2, 0) is 6.18 Å². The van der Waals surface area contributed by atoms with Crippen LogP contribution in [0.2, 0.25) is 0 Å². The predicted octanol–water partition coefficient (Wildman–Crippen LogP) is 2.64. The van der Waals surface area contributed by atoms with E-state index in [1.165, 1.54) is 6.07 Å². The molecule has 0 radical (unpaired) electrons. The Morgan fingerprint density at radius 3 is 2.63 bits per heavy atom. The first-order valence-corrected chi connectivity index (χ1v) is 6.13. The van der Waals surface area contributed by atoms with Gasteiger partial charge in [-0.05, 0) is 38.0 Å². The van der Waals surface area contributed by atoms with Gasteiger partial charge >= 0.3 is 6.18 Å². The van der Waals surface area contributed by atoms with Gasteiger partial charge in [0.15, 0.2) is 0 Å². The zero-order valence-corrected chi connectivity index (χ0v) is 10.7. The van der Waals surface area contributed by atoms with Crippen molar-refractivity contribution in [2.75, 3.05) is 23.7 Å². The third kappa shape index (κ3) is 3.12. The molecule has 1 unspecified atom stereocenters. The Balaban J connectivity index is 2.31. The van der Waals surface area contributed by atoms with Crippen molar-refractivity contribution in [3.05, 3.63) is 23.8 Å². The van der Waals surface area contributed by atoms with Crippen molar-refractivity contribution in [3.8, 4) is 0 Å². The van der Waals surface area contributed by atoms with Crippen molar-refractivity contribution < 1.29 is 18.3 Å². The first-order valence-electron chi connectivity index (χ1n) is 6.13. The van der Waals surface area contributed by atoms with Gasteiger partial charge in [-0.1, -0.05) is 0 Å². The topological polar surface area (TPSA) is 49.5 Å². The van der Waals surface area contributed by atoms with E-state index in [2.05, 4.69) is 0 Å². The summed E-state index contributed by atoms with van der Waals surface area (Å²) >= 11 is 0. The third-order valence-electron chi connectivity index (χ3n) is 3.38. The lowest BCUT2D eigenvalue weighted by molar-refractivity contribution is -0.136. The van der Waals surface area contributed by atoms with Crippen molar-refractivity contribution in [2.45, 2.75) is 31.5 Å². The van der Waals surface area contributed by atoms with Crippen molar-refractivity contribution in [3.63, 3.8) is 0 Å². The van der Waals surface area contributed by atoms with Crippen LogP contribution in [0.4, 0.5) is 24.5 Å². The molecule has 3 nitrogen and oxygen atoms in total. The van der Waals surface area contributed by atoms with Gasteiger partial charge in [-0.15, -0.1) is 0 Å². The number of nitrogens with zero attached hydrogens (tertiary/aromatic N) is 1. The minimum Gasteiger partial charge on any atom is -0.398 e. The van der Waals surface area contributed by atoms with Crippen LogP contribution in [-0.4, -0.2) is 23.8 Å². The Labute approximate surface area is 109 Å². The lowest BCUT2D eigenvalue weighted by atomic mass is 9.94. The zero-order valence-electron chi connectivity index (χ0n) is 10.7. The van der Waals surface area contributed by atoms with Crippen LogP contribution in [0.15, 0.2) is 18.2 Å². The summed E-state index contributed by atoms with van der Waals surface area (Å²) in [5.41, 5.74) is 3.85. The van der Waals surface area contributed by atoms with E-state index in [0.29, 0.717) is 25.2 Å². The smallest absolute Gasteiger partial charge is 0.398 e. The molecule has 1 aromatic carbocycles. The van der Waals surface area contributed by atoms with E-state index < -0.39 is 17.3 Å². The standard InChI is InChI=1S/C13H17F3N2O/c1-12(19)5-2-6-18(8-12)9-3-4-11(17)10(7-9)13(14,15)16/h3-4,7,19H,2,5-6,8,17H2,1H3. The fourth-order valence-corrected chi connectivity index (χ4v) is 2.43. The molecule has 3 N–H and O–H groups in total. The minimum absolute atomic E-state index is 0.278. The van der Waals surface area contributed by atoms with Crippen molar-refractivity contribution in [1.82, 2.24) is 0 Å². The molecular weight excluding hydrogens is 257 g/mol. The van der Waals surface area contributed by atoms with Crippen LogP contribution < -0.4 is 10.6 Å². The highest BCUT2D eigenvalue weighted by Gasteiger charge is 2.34. The Kier molecular flexibility index (Phi) is 3.38. The summed E-state index contributed by atoms with van der Waals surface area (Å²) in [5.74, 6) is 0. The van der Waals surface area contributed by atoms with Gasteiger partial charge in [0.1, 0.15) is 0 Å². The molecule has 19 heavy (non-hydrogen) atoms. The third-order valence-corrected chi connectivity index (χ3v) is 3.38. The summed E-state index contributed by atoms with van der Waals surface area (Å²) in [5, 5.41) is 10.0. The molecule has 2 rings (SSSR count). The molecule has 6 heteroatoms. The number of hydrogen-bond donors (Lipinski definition) is 2. The molecule has 0 amide bonds. The number of piperidine rings is 1. The quantitative estimate of drug-likeness (QED) is 0.774. The molecule has 106 valence electrons. The van der Waals surface area contributed by atoms with Gasteiger partial charge in [0, 0.05) is 24.5 Å². The van der Waals surface area contributed by atoms with Crippen LogP contribution in [0.3, 0.4) is 0 Å². The van der Waals surface area contributed by atoms with Crippen molar-refractivity contribution >= 4 is 11.4 Å². The Hall–Kier alpha value is -1.43. The van der Waals surface area contributed by atoms with E-state index in [9.17, 15) is 18.3 Å². The molecule has 0 bridgehead atoms. The first-order chi connectivity index (χ1) is 8.69. The van der Waals surface area contributed by atoms with Crippen LogP contribution in [0.25, 0.3) is 0 Å². The van der Waals surface area contributed by atoms with Crippen molar-refractivity contribution in [2.24, 2.45) is 0 Å². The number of nitrogen functional groups attached to an aromatic ring is 1. The molecular formula is C13H17F3N2O. The van der Waals surface area contributed by atoms with Crippen molar-refractivity contribution in [1.29, 1.82) is 0 Å². The zero-order chi connectivity index (χ0) is 14.3. The first kappa shape index (κ1) is 14.0. The van der Waals surface area contributed by atoms with Gasteiger partial charge in [-0.25, -0.2) is 0 Å². The number of hydrogen-bond acceptors (Lipinski definition) is 3. The maximum absolute atomic E-state index is 12.8. The number of nitrogens with two attached hydrogens (primary N) is 1. The van der Waals surface area contributed by atoms with E-state index in [1.807, 2.05) is 0 Å². The van der Waals surface area contributed by atoms with Gasteiger partial charge in [0.2, 0.25) is 0 Å². The normalized spacial score (nSPS) is 24.6. The second kappa shape index (κ2) is 4.59. The SMILES string of the molecule is CC1(O)CCCN(c2ccc(N)c(C(F)(F)F)c2)C1. The monoisotopic (exact) mass is 274 g/mol. The lowest BCUT2D eigenvalue weighted by Gasteiger charge is -2.38. The average molecular weight is 274 g/mol. The van der Waals surface area contributed by atoms with Crippen LogP contribution in [0.1, 0.15) is 25.3 Å². The Morgan fingerprint density at radius 1 is 1.37 bits per heavy atom. The maximum atomic E-state index is 12.8. The molecule has 1 aromatic rings. The number of halogens is 3. The average Bonchev–Trinajstić information content (AvgIpc) is 2.26. The maximum Gasteiger partial charge on any atom is 0.418 e. The number of anilines is 2. The summed E-state index contributed by atoms with van der Waals surface area (Å²) < 4.78 is 38.4. The summed E-state index contributed by atoms with van der Waals surface area (Å²) in [6.07, 6.45) is -3.05. The highest BCUT2D eigenvalue weighted by molar-refractivity contribution is 5.59. The number of β-amino-alcohol motifs (C(OH)–C–C–N with tert-alkyl or cyclic N) is 1. The number of aliphatic hydroxyl groups is 1. The Morgan fingerprint density at radius 2 is 2.05 bits per heavy atom. The van der Waals surface area contributed by atoms with E-state index in [4.69, 9.17) is 5.73 Å². The molecule has 0 aliphatic carbocycles. The molecule has 1 aliphatic rings. The summed E-state index contributed by atoms with van der Waals surface area (Å²) in [6, 6.07) is 3.88. The van der Waals surface area contributed by atoms with E-state index in [1.54, 1.807) is 17.9 Å². The van der Waals surface area contributed by atoms with Crippen LogP contribution in [0, 0.1) is 0 Å². The van der Waals surface area contributed by atoms with E-state index in [-0.39, 0.29) is 5.69 Å². The number of benzene rings is 1. The van der Waals surface area contributed by atoms with Gasteiger partial charge < -0.3 is 15.7 Å². The molecule has 1 saturated heterocycles. The second-order valence-corrected chi connectivity index (χ2v) is 5.29. The number of alkyl halides is 3.